The molecule has 0 saturated carbocycles. The number of carbonyl (C=O) groups excluding carboxylic acids is 1. The zero-order chi connectivity index (χ0) is 15.3. The van der Waals surface area contributed by atoms with Gasteiger partial charge >= 0.3 is 0 Å². The first kappa shape index (κ1) is 15.9. The quantitative estimate of drug-likeness (QED) is 0.653. The van der Waals surface area contributed by atoms with E-state index < -0.39 is 5.54 Å². The van der Waals surface area contributed by atoms with Crippen molar-refractivity contribution in [1.82, 2.24) is 15.3 Å². The molecule has 1 aromatic carbocycles. The lowest BCUT2D eigenvalue weighted by molar-refractivity contribution is -0.123. The van der Waals surface area contributed by atoms with Crippen molar-refractivity contribution in [1.29, 1.82) is 0 Å². The van der Waals surface area contributed by atoms with Crippen molar-refractivity contribution >= 4 is 28.7 Å². The maximum Gasteiger partial charge on any atom is 0.237 e. The van der Waals surface area contributed by atoms with Gasteiger partial charge in [-0.1, -0.05) is 30.8 Å². The molecule has 1 atom stereocenters. The van der Waals surface area contributed by atoms with Crippen LogP contribution in [0.3, 0.4) is 0 Å². The van der Waals surface area contributed by atoms with Gasteiger partial charge in [0.15, 0.2) is 5.16 Å². The second kappa shape index (κ2) is 6.95. The van der Waals surface area contributed by atoms with Crippen LogP contribution in [0, 0.1) is 0 Å². The van der Waals surface area contributed by atoms with E-state index in [4.69, 9.17) is 5.73 Å². The lowest BCUT2D eigenvalue weighted by Gasteiger charge is -2.27. The van der Waals surface area contributed by atoms with Crippen LogP contribution in [0.2, 0.25) is 0 Å². The van der Waals surface area contributed by atoms with Gasteiger partial charge in [0.2, 0.25) is 5.91 Å². The van der Waals surface area contributed by atoms with Crippen LogP contribution in [0.1, 0.15) is 26.7 Å². The highest BCUT2D eigenvalue weighted by atomic mass is 32.2. The molecule has 4 N–H and O–H groups in total. The molecule has 1 unspecified atom stereocenters. The van der Waals surface area contributed by atoms with Gasteiger partial charge in [-0.3, -0.25) is 4.79 Å². The number of benzene rings is 1. The molecule has 114 valence electrons. The molecular weight excluding hydrogens is 284 g/mol. The summed E-state index contributed by atoms with van der Waals surface area (Å²) in [6.45, 7) is 4.72. The lowest BCUT2D eigenvalue weighted by Crippen LogP contribution is -2.53. The summed E-state index contributed by atoms with van der Waals surface area (Å²) in [7, 11) is 0. The number of imidazole rings is 1. The number of rotatable bonds is 8. The summed E-state index contributed by atoms with van der Waals surface area (Å²) in [5.74, 6) is 0.469. The first-order chi connectivity index (χ1) is 10.0. The number of fused-ring (bicyclic) bond motifs is 1. The fraction of sp³-hybridized carbons (Fsp3) is 0.467. The smallest absolute Gasteiger partial charge is 0.237 e. The highest BCUT2D eigenvalue weighted by molar-refractivity contribution is 7.99. The minimum atomic E-state index is -0.658. The van der Waals surface area contributed by atoms with Crippen molar-refractivity contribution in [3.8, 4) is 0 Å². The molecule has 0 radical (unpaired) electrons. The highest BCUT2D eigenvalue weighted by Gasteiger charge is 2.29. The number of hydrogen-bond donors (Lipinski definition) is 3. The van der Waals surface area contributed by atoms with E-state index in [1.165, 1.54) is 0 Å². The Morgan fingerprint density at radius 2 is 2.24 bits per heavy atom. The van der Waals surface area contributed by atoms with Crippen molar-refractivity contribution in [2.45, 2.75) is 37.4 Å². The van der Waals surface area contributed by atoms with Gasteiger partial charge in [0.05, 0.1) is 16.6 Å². The molecule has 0 aliphatic heterocycles. The summed E-state index contributed by atoms with van der Waals surface area (Å²) in [5.41, 5.74) is 6.85. The molecule has 0 aliphatic carbocycles. The van der Waals surface area contributed by atoms with Crippen molar-refractivity contribution < 1.29 is 4.79 Å². The van der Waals surface area contributed by atoms with Gasteiger partial charge < -0.3 is 16.0 Å². The van der Waals surface area contributed by atoms with E-state index in [2.05, 4.69) is 22.2 Å². The molecule has 1 aromatic heterocycles. The van der Waals surface area contributed by atoms with Crippen LogP contribution >= 0.6 is 11.8 Å². The predicted octanol–water partition coefficient (Wildman–Crippen LogP) is 2.29. The van der Waals surface area contributed by atoms with Crippen LogP contribution in [0.15, 0.2) is 29.4 Å². The minimum Gasteiger partial charge on any atom is -0.368 e. The SMILES string of the molecule is CCCNC(C)(CCSc1nc2ccccc2[nH]1)C(N)=O. The van der Waals surface area contributed by atoms with Gasteiger partial charge in [-0.15, -0.1) is 0 Å². The maximum atomic E-state index is 11.6. The number of para-hydroxylation sites is 2. The minimum absolute atomic E-state index is 0.304. The zero-order valence-electron chi connectivity index (χ0n) is 12.5. The summed E-state index contributed by atoms with van der Waals surface area (Å²) >= 11 is 1.61. The fourth-order valence-electron chi connectivity index (χ4n) is 2.05. The molecule has 0 saturated heterocycles. The average molecular weight is 306 g/mol. The van der Waals surface area contributed by atoms with E-state index in [9.17, 15) is 4.79 Å². The Morgan fingerprint density at radius 1 is 1.48 bits per heavy atom. The Kier molecular flexibility index (Phi) is 5.25. The standard InChI is InChI=1S/C15H22N4OS/c1-3-9-17-15(2,13(16)20)8-10-21-14-18-11-6-4-5-7-12(11)19-14/h4-7,17H,3,8-10H2,1-2H3,(H2,16,20)(H,18,19). The van der Waals surface area contributed by atoms with Crippen LogP contribution in [0.25, 0.3) is 11.0 Å². The number of amides is 1. The van der Waals surface area contributed by atoms with E-state index in [1.807, 2.05) is 31.2 Å². The zero-order valence-corrected chi connectivity index (χ0v) is 13.3. The number of nitrogens with two attached hydrogens (primary N) is 1. The third-order valence-corrected chi connectivity index (χ3v) is 4.39. The number of carbonyl (C=O) groups is 1. The Hall–Kier alpha value is -1.53. The van der Waals surface area contributed by atoms with Crippen molar-refractivity contribution in [3.05, 3.63) is 24.3 Å². The monoisotopic (exact) mass is 306 g/mol. The van der Waals surface area contributed by atoms with E-state index in [0.717, 1.165) is 34.9 Å². The second-order valence-electron chi connectivity index (χ2n) is 5.28. The largest absolute Gasteiger partial charge is 0.368 e. The first-order valence-corrected chi connectivity index (χ1v) is 8.16. The van der Waals surface area contributed by atoms with E-state index in [0.29, 0.717) is 6.42 Å². The normalized spacial score (nSPS) is 14.2. The average Bonchev–Trinajstić information content (AvgIpc) is 2.87. The number of aromatic amines is 1. The van der Waals surface area contributed by atoms with E-state index in [-0.39, 0.29) is 5.91 Å². The highest BCUT2D eigenvalue weighted by Crippen LogP contribution is 2.22. The van der Waals surface area contributed by atoms with Crippen LogP contribution in [0.4, 0.5) is 0 Å². The van der Waals surface area contributed by atoms with Crippen LogP contribution < -0.4 is 11.1 Å². The molecule has 2 aromatic rings. The summed E-state index contributed by atoms with van der Waals surface area (Å²) in [6.07, 6.45) is 1.64. The second-order valence-corrected chi connectivity index (χ2v) is 6.36. The van der Waals surface area contributed by atoms with Crippen molar-refractivity contribution in [2.24, 2.45) is 5.73 Å². The predicted molar refractivity (Wildman–Crippen MR) is 87.3 cm³/mol. The Bertz CT molecular complexity index is 579. The molecule has 0 bridgehead atoms. The molecule has 21 heavy (non-hydrogen) atoms. The van der Waals surface area contributed by atoms with Crippen LogP contribution in [-0.4, -0.2) is 33.7 Å². The first-order valence-electron chi connectivity index (χ1n) is 7.17. The van der Waals surface area contributed by atoms with Crippen molar-refractivity contribution in [3.63, 3.8) is 0 Å². The van der Waals surface area contributed by atoms with E-state index >= 15 is 0 Å². The Morgan fingerprint density at radius 3 is 2.90 bits per heavy atom. The van der Waals surface area contributed by atoms with Gasteiger partial charge in [-0.05, 0) is 38.4 Å². The number of H-pyrrole nitrogens is 1. The third kappa shape index (κ3) is 3.98. The van der Waals surface area contributed by atoms with Gasteiger partial charge in [0.25, 0.3) is 0 Å². The van der Waals surface area contributed by atoms with Gasteiger partial charge in [0.1, 0.15) is 0 Å². The third-order valence-electron chi connectivity index (χ3n) is 3.52. The molecule has 0 spiro atoms. The molecule has 2 rings (SSSR count). The summed E-state index contributed by atoms with van der Waals surface area (Å²) < 4.78 is 0. The molecule has 5 nitrogen and oxygen atoms in total. The van der Waals surface area contributed by atoms with E-state index in [1.54, 1.807) is 11.8 Å². The molecule has 6 heteroatoms. The number of aromatic nitrogens is 2. The molecule has 0 fully saturated rings. The number of thioether (sulfide) groups is 1. The lowest BCUT2D eigenvalue weighted by atomic mass is 9.98. The van der Waals surface area contributed by atoms with Crippen LogP contribution in [-0.2, 0) is 4.79 Å². The van der Waals surface area contributed by atoms with Gasteiger partial charge in [-0.25, -0.2) is 4.98 Å². The Balaban J connectivity index is 1.93. The van der Waals surface area contributed by atoms with Gasteiger partial charge in [0, 0.05) is 5.75 Å². The molecule has 1 amide bonds. The topological polar surface area (TPSA) is 83.8 Å². The summed E-state index contributed by atoms with van der Waals surface area (Å²) in [5, 5.41) is 4.11. The maximum absolute atomic E-state index is 11.6. The molecule has 1 heterocycles. The summed E-state index contributed by atoms with van der Waals surface area (Å²) in [6, 6.07) is 7.93. The molecular formula is C15H22N4OS. The van der Waals surface area contributed by atoms with Gasteiger partial charge in [-0.2, -0.15) is 0 Å². The van der Waals surface area contributed by atoms with Crippen molar-refractivity contribution in [2.75, 3.05) is 12.3 Å². The number of nitrogens with one attached hydrogen (secondary N) is 2. The fourth-order valence-corrected chi connectivity index (χ4v) is 3.10. The summed E-state index contributed by atoms with van der Waals surface area (Å²) in [4.78, 5) is 19.4. The number of nitrogens with zero attached hydrogens (tertiary/aromatic N) is 1. The Labute approximate surface area is 129 Å². The van der Waals surface area contributed by atoms with Crippen LogP contribution in [0.5, 0.6) is 0 Å². The number of primary amides is 1. The molecule has 0 aliphatic rings. The number of hydrogen-bond acceptors (Lipinski definition) is 4.